The van der Waals surface area contributed by atoms with E-state index in [2.05, 4.69) is 26.2 Å². The highest BCUT2D eigenvalue weighted by Gasteiger charge is 2.45. The zero-order chi connectivity index (χ0) is 92.5. The van der Waals surface area contributed by atoms with E-state index in [-0.39, 0.29) is 86.5 Å². The number of nitrogens with zero attached hydrogens (tertiary/aromatic N) is 9. The van der Waals surface area contributed by atoms with Crippen LogP contribution in [0.2, 0.25) is 20.1 Å². The van der Waals surface area contributed by atoms with Crippen molar-refractivity contribution in [2.24, 2.45) is 5.73 Å². The smallest absolute Gasteiger partial charge is 0.328 e. The van der Waals surface area contributed by atoms with E-state index in [9.17, 15) is 53.1 Å². The summed E-state index contributed by atoms with van der Waals surface area (Å²) in [5.74, 6) is -1.75. The van der Waals surface area contributed by atoms with Crippen LogP contribution in [0.1, 0.15) is 180 Å². The van der Waals surface area contributed by atoms with Crippen molar-refractivity contribution in [1.82, 2.24) is 40.4 Å². The molecule has 4 aromatic heterocycles. The van der Waals surface area contributed by atoms with Crippen LogP contribution < -0.4 is 41.3 Å². The number of urea groups is 3. The summed E-state index contributed by atoms with van der Waals surface area (Å²) in [7, 11) is 5.97. The number of amides is 11. The van der Waals surface area contributed by atoms with Gasteiger partial charge < -0.3 is 89.8 Å². The highest BCUT2D eigenvalue weighted by atomic mass is 35.5. The molecule has 28 nitrogen and oxygen atoms in total. The molecule has 8 aromatic rings. The van der Waals surface area contributed by atoms with Crippen LogP contribution in [0.25, 0.3) is 0 Å². The Morgan fingerprint density at radius 1 is 0.397 bits per heavy atom. The van der Waals surface area contributed by atoms with Gasteiger partial charge in [-0.1, -0.05) is 70.7 Å². The first-order chi connectivity index (χ1) is 63.4. The summed E-state index contributed by atoms with van der Waals surface area (Å²) in [6, 6.07) is 26.1. The van der Waals surface area contributed by atoms with Crippen molar-refractivity contribution in [2.45, 2.75) is 191 Å². The van der Waals surface area contributed by atoms with E-state index < -0.39 is 42.1 Å². The van der Waals surface area contributed by atoms with E-state index in [1.807, 2.05) is 77.0 Å². The molecule has 9 aliphatic heterocycles. The maximum atomic E-state index is 13.6. The number of hydrogen-bond donors (Lipinski definition) is 5. The summed E-state index contributed by atoms with van der Waals surface area (Å²) in [4.78, 5) is 150. The Bertz CT molecular complexity index is 5410. The van der Waals surface area contributed by atoms with Crippen LogP contribution in [0.3, 0.4) is 0 Å². The standard InChI is InChI=1S/C32H42ClN5O4S.C24H28ClN3O5S.C23H26ClN3O5S.C16H17ClN2OS/c1-42-25-19-28(31(40)36-15-9-24(10-16-36)35-12-4-5-13-35)38(21-25)32(41)34-20-23-8-7-22(18-26(23)33)30(39)37-14-3-2-6-29-27(37)11-17-43-29;1-32-17-12-20(23(30)33-2)28(14-17)24(31)26-13-16-7-6-15(11-18(16)25)22(29)27-9-4-3-5-21-19(27)8-10-34-21;1-32-16-11-19(22(29)30)27(13-16)23(31)25-12-15-6-5-14(10-17(15)24)21(28)26-8-3-2-4-20-18(26)7-9-33-20;17-13-9-11(4-5-12(13)10-18)16(20)19-7-2-1-3-15-14(19)6-8-21-15/h7-8,11,17-18,24-25,28H,2-6,9-10,12-16,19-21H2,1H3,(H,34,41);6-8,10-11,17,20H,3-5,9,12-14H2,1-2H3,(H,26,31);5-7,9-10,16,19H,2-4,8,11-13H2,1H3,(H,25,31)(H,29,30);4-6,8-9H,1-3,7,10,18H2/t25-,28+;17-,20+;16-,19+;/m111./s1. The summed E-state index contributed by atoms with van der Waals surface area (Å²) in [5.41, 5.74) is 14.7. The Balaban J connectivity index is 0.000000144. The third-order valence-electron chi connectivity index (χ3n) is 25.9. The van der Waals surface area contributed by atoms with Gasteiger partial charge in [0.05, 0.1) is 48.2 Å². The number of carbonyl (C=O) groups excluding carboxylic acids is 9. The van der Waals surface area contributed by atoms with Crippen molar-refractivity contribution >= 4 is 174 Å². The predicted molar refractivity (Wildman–Crippen MR) is 514 cm³/mol. The Morgan fingerprint density at radius 3 is 1.02 bits per heavy atom. The van der Waals surface area contributed by atoms with E-state index in [0.29, 0.717) is 117 Å². The number of aliphatic carboxylic acids is 1. The third-order valence-corrected chi connectivity index (χ3v) is 31.2. The zero-order valence-electron chi connectivity index (χ0n) is 74.0. The number of methoxy groups -OCH3 is 4. The molecule has 0 aliphatic carbocycles. The first kappa shape index (κ1) is 97.8. The van der Waals surface area contributed by atoms with Crippen molar-refractivity contribution in [3.8, 4) is 0 Å². The lowest BCUT2D eigenvalue weighted by molar-refractivity contribution is -0.145. The first-order valence-electron chi connectivity index (χ1n) is 44.9. The average molecular weight is 1950 g/mol. The number of hydrogen-bond acceptors (Lipinski definition) is 20. The normalized spacial score (nSPS) is 20.3. The third kappa shape index (κ3) is 23.6. The topological polar surface area (TPSA) is 319 Å². The van der Waals surface area contributed by atoms with Gasteiger partial charge in [-0.05, 0) is 232 Å². The molecule has 0 radical (unpaired) electrons. The number of carboxylic acids is 1. The Hall–Kier alpha value is -9.26. The average Bonchev–Trinajstić information content (AvgIpc) is 1.62. The number of aryl methyl sites for hydroxylation is 4. The molecular formula is C95H113Cl4N13O15S4. The molecule has 0 spiro atoms. The maximum Gasteiger partial charge on any atom is 0.328 e. The predicted octanol–water partition coefficient (Wildman–Crippen LogP) is 16.2. The number of ether oxygens (including phenoxy) is 4. The summed E-state index contributed by atoms with van der Waals surface area (Å²) in [5, 5.41) is 27.8. The molecule has 0 unspecified atom stereocenters. The van der Waals surface area contributed by atoms with Crippen LogP contribution in [0.4, 0.5) is 37.1 Å². The number of nitrogens with one attached hydrogen (secondary N) is 3. The molecule has 5 fully saturated rings. The highest BCUT2D eigenvalue weighted by molar-refractivity contribution is 7.11. The molecule has 9 aliphatic rings. The van der Waals surface area contributed by atoms with Gasteiger partial charge in [-0.3, -0.25) is 24.0 Å². The van der Waals surface area contributed by atoms with Gasteiger partial charge >= 0.3 is 30.0 Å². The number of piperidine rings is 1. The summed E-state index contributed by atoms with van der Waals surface area (Å²) < 4.78 is 21.0. The summed E-state index contributed by atoms with van der Waals surface area (Å²) in [6.07, 6.45) is 17.2. The van der Waals surface area contributed by atoms with Gasteiger partial charge in [0.15, 0.2) is 0 Å². The second-order valence-electron chi connectivity index (χ2n) is 33.9. The van der Waals surface area contributed by atoms with Gasteiger partial charge in [-0.15, -0.1) is 45.3 Å². The van der Waals surface area contributed by atoms with Crippen molar-refractivity contribution in [3.63, 3.8) is 0 Å². The fourth-order valence-corrected chi connectivity index (χ4v) is 23.2. The van der Waals surface area contributed by atoms with Crippen molar-refractivity contribution in [3.05, 3.63) is 203 Å². The minimum atomic E-state index is -1.06. The van der Waals surface area contributed by atoms with E-state index in [1.165, 1.54) is 69.5 Å². The van der Waals surface area contributed by atoms with Crippen LogP contribution in [0.5, 0.6) is 0 Å². The van der Waals surface area contributed by atoms with Crippen LogP contribution in [-0.4, -0.2) is 232 Å². The minimum absolute atomic E-state index is 0.0118. The number of nitrogens with two attached hydrogens (primary N) is 1. The molecule has 0 bridgehead atoms. The van der Waals surface area contributed by atoms with E-state index >= 15 is 0 Å². The number of likely N-dealkylation sites (tertiary alicyclic amines) is 5. The quantitative estimate of drug-likeness (QED) is 0.0498. The Labute approximate surface area is 799 Å². The summed E-state index contributed by atoms with van der Waals surface area (Å²) >= 11 is 32.5. The van der Waals surface area contributed by atoms with Crippen LogP contribution in [0, 0.1) is 0 Å². The largest absolute Gasteiger partial charge is 0.480 e. The fraction of sp³-hybridized carbons (Fsp3) is 0.474. The number of rotatable bonds is 18. The van der Waals surface area contributed by atoms with E-state index in [1.54, 1.807) is 125 Å². The molecule has 11 amide bonds. The monoisotopic (exact) mass is 1940 g/mol. The van der Waals surface area contributed by atoms with E-state index in [4.69, 9.17) is 71.1 Å². The number of carbonyl (C=O) groups is 10. The highest BCUT2D eigenvalue weighted by Crippen LogP contribution is 2.39. The molecule has 131 heavy (non-hydrogen) atoms. The lowest BCUT2D eigenvalue weighted by atomic mass is 10.0. The molecule has 17 rings (SSSR count). The number of benzene rings is 4. The van der Waals surface area contributed by atoms with Gasteiger partial charge in [0.25, 0.3) is 23.6 Å². The molecule has 0 saturated carbocycles. The Kier molecular flexibility index (Phi) is 34.4. The number of esters is 1. The molecule has 6 atom stereocenters. The fourth-order valence-electron chi connectivity index (χ4n) is 18.5. The minimum Gasteiger partial charge on any atom is -0.480 e. The second kappa shape index (κ2) is 46.1. The molecule has 4 aromatic carbocycles. The number of thiophene rings is 4. The lowest BCUT2D eigenvalue weighted by Gasteiger charge is -2.38. The maximum absolute atomic E-state index is 13.6. The molecule has 700 valence electrons. The Morgan fingerprint density at radius 2 is 0.702 bits per heavy atom. The zero-order valence-corrected chi connectivity index (χ0v) is 80.3. The second-order valence-corrected chi connectivity index (χ2v) is 39.6. The molecule has 13 heterocycles. The molecule has 6 N–H and O–H groups in total. The van der Waals surface area contributed by atoms with Gasteiger partial charge in [0.1, 0.15) is 18.1 Å². The molecule has 5 saturated heterocycles. The number of carboxylic acid groups (broad SMARTS) is 1. The van der Waals surface area contributed by atoms with Crippen LogP contribution in [0.15, 0.2) is 119 Å². The van der Waals surface area contributed by atoms with Crippen molar-refractivity contribution < 1.29 is 72.0 Å². The van der Waals surface area contributed by atoms with Gasteiger partial charge in [-0.25, -0.2) is 24.0 Å². The van der Waals surface area contributed by atoms with Crippen LogP contribution in [-0.2, 0) is 85.2 Å². The number of anilines is 4. The van der Waals surface area contributed by atoms with Crippen LogP contribution >= 0.6 is 91.8 Å². The van der Waals surface area contributed by atoms with Gasteiger partial charge in [-0.2, -0.15) is 0 Å². The SMILES string of the molecule is COC(=O)[C@@H]1C[C@@H](OC)CN1C(=O)NCc1ccc(C(=O)N2CCCCc3sccc32)cc1Cl.CO[C@@H]1C[C@@H](C(=O)N2CCC(N3CCCC3)CC2)N(C(=O)NCc2ccc(C(=O)N3CCCCc4sccc43)cc2Cl)C1.CO[C@@H]1C[C@@H](C(=O)O)N(C(=O)NCc2ccc(C(=O)N3CCCCc4sccc43)cc2Cl)C1.NCc1ccc(C(=O)N2CCCCc3sccc32)cc1Cl. The number of halogens is 4. The van der Waals surface area contributed by atoms with Crippen molar-refractivity contribution in [1.29, 1.82) is 0 Å². The van der Waals surface area contributed by atoms with E-state index in [0.717, 1.165) is 138 Å². The summed E-state index contributed by atoms with van der Waals surface area (Å²) in [6.45, 7) is 8.32. The molecular weight excluding hydrogens is 1830 g/mol. The lowest BCUT2D eigenvalue weighted by Crippen LogP contribution is -2.53. The van der Waals surface area contributed by atoms with Crippen molar-refractivity contribution in [2.75, 3.05) is 120 Å². The number of fused-ring (bicyclic) bond motifs is 4. The van der Waals surface area contributed by atoms with Gasteiger partial charge in [0.2, 0.25) is 5.91 Å². The van der Waals surface area contributed by atoms with Gasteiger partial charge in [0, 0.05) is 194 Å². The first-order valence-corrected chi connectivity index (χ1v) is 49.9. The molecule has 36 heteroatoms.